The molecule has 29 heavy (non-hydrogen) atoms. The van der Waals surface area contributed by atoms with Gasteiger partial charge in [0.05, 0.1) is 23.9 Å². The Bertz CT molecular complexity index is 898. The van der Waals surface area contributed by atoms with Crippen LogP contribution in [0.15, 0.2) is 39.6 Å². The number of hydrogen-bond acceptors (Lipinski definition) is 5. The van der Waals surface area contributed by atoms with Crippen molar-refractivity contribution in [2.45, 2.75) is 38.6 Å². The predicted octanol–water partition coefficient (Wildman–Crippen LogP) is 4.67. The topological polar surface area (TPSA) is 51.0 Å². The number of fused-ring (bicyclic) bond motifs is 1. The number of aromatic nitrogens is 1. The zero-order valence-electron chi connectivity index (χ0n) is 17.4. The molecular formula is C21H28Cl2N4O2. The Morgan fingerprint density at radius 2 is 2.17 bits per heavy atom. The first-order chi connectivity index (χ1) is 13.9. The number of alkyl halides is 1. The zero-order chi connectivity index (χ0) is 20.8. The van der Waals surface area contributed by atoms with Crippen molar-refractivity contribution in [3.8, 4) is 5.88 Å². The molecule has 0 fully saturated rings. The number of nitrogens with one attached hydrogen (secondary N) is 1. The molecule has 0 spiro atoms. The molecule has 3 aliphatic rings. The van der Waals surface area contributed by atoms with Crippen molar-refractivity contribution in [3.63, 3.8) is 0 Å². The fourth-order valence-corrected chi connectivity index (χ4v) is 4.88. The van der Waals surface area contributed by atoms with Crippen LogP contribution in [-0.4, -0.2) is 46.8 Å². The summed E-state index contributed by atoms with van der Waals surface area (Å²) in [6.07, 6.45) is 4.41. The Kier molecular flexibility index (Phi) is 5.51. The highest BCUT2D eigenvalue weighted by Crippen LogP contribution is 2.43. The van der Waals surface area contributed by atoms with Gasteiger partial charge in [-0.2, -0.15) is 0 Å². The number of anilines is 1. The fraction of sp³-hybridized carbons (Fsp3) is 0.571. The molecule has 0 bridgehead atoms. The van der Waals surface area contributed by atoms with E-state index < -0.39 is 5.54 Å². The van der Waals surface area contributed by atoms with E-state index in [4.69, 9.17) is 37.7 Å². The average molecular weight is 439 g/mol. The van der Waals surface area contributed by atoms with Crippen LogP contribution in [0.5, 0.6) is 5.88 Å². The highest BCUT2D eigenvalue weighted by atomic mass is 35.5. The summed E-state index contributed by atoms with van der Waals surface area (Å²) < 4.78 is 14.4. The summed E-state index contributed by atoms with van der Waals surface area (Å²) in [6.45, 7) is 5.66. The first-order valence-electron chi connectivity index (χ1n) is 10.2. The molecule has 3 aliphatic heterocycles. The molecule has 0 aromatic carbocycles. The summed E-state index contributed by atoms with van der Waals surface area (Å²) in [5.41, 5.74) is 2.11. The normalized spacial score (nSPS) is 28.0. The number of aryl methyl sites for hydroxylation is 1. The van der Waals surface area contributed by atoms with Gasteiger partial charge >= 0.3 is 0 Å². The van der Waals surface area contributed by atoms with Crippen molar-refractivity contribution in [2.24, 2.45) is 18.0 Å². The smallest absolute Gasteiger partial charge is 0.222 e. The maximum absolute atomic E-state index is 7.06. The molecule has 0 saturated carbocycles. The lowest BCUT2D eigenvalue weighted by Gasteiger charge is -2.39. The van der Waals surface area contributed by atoms with E-state index in [9.17, 15) is 0 Å². The van der Waals surface area contributed by atoms with Gasteiger partial charge in [-0.05, 0) is 18.9 Å². The van der Waals surface area contributed by atoms with Gasteiger partial charge in [0.25, 0.3) is 0 Å². The molecule has 2 unspecified atom stereocenters. The van der Waals surface area contributed by atoms with Crippen molar-refractivity contribution in [2.75, 3.05) is 31.4 Å². The zero-order valence-corrected chi connectivity index (χ0v) is 18.9. The Morgan fingerprint density at radius 3 is 2.86 bits per heavy atom. The number of nitrogens with zero attached hydrogens (tertiary/aromatic N) is 3. The standard InChI is InChI=1S/C21H28Cl2N4O2/c1-5-13-11-28-19-14(7-9-26(19)3)24-17(13)16(23)18-21(6-2,12-22)25-15-8-10-27(4)20(15)29-18/h8,10,13,25H,5-7,9,11-12H2,1-4H3/b18-16-. The molecule has 0 aliphatic carbocycles. The van der Waals surface area contributed by atoms with Gasteiger partial charge in [0, 0.05) is 39.2 Å². The van der Waals surface area contributed by atoms with Crippen molar-refractivity contribution in [3.05, 3.63) is 34.6 Å². The lowest BCUT2D eigenvalue weighted by molar-refractivity contribution is 0.124. The molecule has 8 heteroatoms. The van der Waals surface area contributed by atoms with Crippen LogP contribution in [0.3, 0.4) is 0 Å². The van der Waals surface area contributed by atoms with Crippen LogP contribution in [0.1, 0.15) is 33.1 Å². The van der Waals surface area contributed by atoms with E-state index in [0.29, 0.717) is 23.3 Å². The first kappa shape index (κ1) is 20.5. The van der Waals surface area contributed by atoms with Gasteiger partial charge in [-0.25, -0.2) is 0 Å². The molecule has 6 nitrogen and oxygen atoms in total. The SMILES string of the molecule is CCC1COC2=C(CCN2C)N=C1/C(Cl)=C1/Oc2c(ccn2C)NC1(CC)CCl. The minimum Gasteiger partial charge on any atom is -0.477 e. The molecule has 1 aromatic rings. The molecule has 1 N–H and O–H groups in total. The quantitative estimate of drug-likeness (QED) is 0.693. The van der Waals surface area contributed by atoms with Crippen LogP contribution < -0.4 is 10.1 Å². The molecule has 4 rings (SSSR count). The second-order valence-corrected chi connectivity index (χ2v) is 8.57. The highest BCUT2D eigenvalue weighted by Gasteiger charge is 2.43. The Labute approximate surface area is 182 Å². The fourth-order valence-electron chi connectivity index (χ4n) is 4.09. The van der Waals surface area contributed by atoms with E-state index in [1.165, 1.54) is 0 Å². The third kappa shape index (κ3) is 3.30. The van der Waals surface area contributed by atoms with Crippen LogP contribution >= 0.6 is 23.2 Å². The van der Waals surface area contributed by atoms with Crippen molar-refractivity contribution in [1.82, 2.24) is 9.47 Å². The van der Waals surface area contributed by atoms with Crippen molar-refractivity contribution in [1.29, 1.82) is 0 Å². The van der Waals surface area contributed by atoms with Gasteiger partial charge in [0.1, 0.15) is 16.3 Å². The summed E-state index contributed by atoms with van der Waals surface area (Å²) in [6, 6.07) is 1.99. The van der Waals surface area contributed by atoms with E-state index in [2.05, 4.69) is 24.1 Å². The maximum atomic E-state index is 7.06. The number of allylic oxidation sites excluding steroid dienone is 1. The van der Waals surface area contributed by atoms with Crippen LogP contribution in [0.4, 0.5) is 5.69 Å². The molecule has 0 saturated heterocycles. The van der Waals surface area contributed by atoms with Gasteiger partial charge in [-0.1, -0.05) is 25.4 Å². The van der Waals surface area contributed by atoms with E-state index in [-0.39, 0.29) is 5.92 Å². The number of rotatable bonds is 4. The molecule has 2 atom stereocenters. The minimum atomic E-state index is -0.593. The molecule has 0 amide bonds. The second kappa shape index (κ2) is 7.80. The first-order valence-corrected chi connectivity index (χ1v) is 11.1. The monoisotopic (exact) mass is 438 g/mol. The average Bonchev–Trinajstić information content (AvgIpc) is 3.20. The lowest BCUT2D eigenvalue weighted by Crippen LogP contribution is -2.47. The minimum absolute atomic E-state index is 0.0808. The number of ether oxygens (including phenoxy) is 2. The summed E-state index contributed by atoms with van der Waals surface area (Å²) in [7, 11) is 3.98. The number of aliphatic imine (C=N–C) groups is 1. The Hall–Kier alpha value is -1.79. The van der Waals surface area contributed by atoms with Crippen LogP contribution in [0.25, 0.3) is 0 Å². The van der Waals surface area contributed by atoms with E-state index >= 15 is 0 Å². The van der Waals surface area contributed by atoms with Crippen LogP contribution in [0, 0.1) is 5.92 Å². The summed E-state index contributed by atoms with van der Waals surface area (Å²) in [5, 5.41) is 4.11. The molecule has 158 valence electrons. The summed E-state index contributed by atoms with van der Waals surface area (Å²) in [5.74, 6) is 2.64. The molecular weight excluding hydrogens is 411 g/mol. The highest BCUT2D eigenvalue weighted by molar-refractivity contribution is 6.44. The predicted molar refractivity (Wildman–Crippen MR) is 118 cm³/mol. The Morgan fingerprint density at radius 1 is 1.38 bits per heavy atom. The number of hydrogen-bond donors (Lipinski definition) is 1. The van der Waals surface area contributed by atoms with Crippen LogP contribution in [-0.2, 0) is 11.8 Å². The second-order valence-electron chi connectivity index (χ2n) is 7.92. The van der Waals surface area contributed by atoms with E-state index in [1.54, 1.807) is 0 Å². The lowest BCUT2D eigenvalue weighted by atomic mass is 9.90. The molecule has 1 aromatic heterocycles. The van der Waals surface area contributed by atoms with Gasteiger partial charge < -0.3 is 24.3 Å². The number of halogens is 2. The van der Waals surface area contributed by atoms with E-state index in [1.807, 2.05) is 30.9 Å². The largest absolute Gasteiger partial charge is 0.477 e. The summed E-state index contributed by atoms with van der Waals surface area (Å²) >= 11 is 13.5. The van der Waals surface area contributed by atoms with Gasteiger partial charge in [0.2, 0.25) is 11.8 Å². The van der Waals surface area contributed by atoms with Crippen molar-refractivity contribution < 1.29 is 9.47 Å². The summed E-state index contributed by atoms with van der Waals surface area (Å²) in [4.78, 5) is 7.11. The van der Waals surface area contributed by atoms with Crippen LogP contribution in [0.2, 0.25) is 0 Å². The Balaban J connectivity index is 1.85. The third-order valence-electron chi connectivity index (χ3n) is 6.11. The van der Waals surface area contributed by atoms with Gasteiger partial charge in [-0.3, -0.25) is 4.99 Å². The molecule has 0 radical (unpaired) electrons. The van der Waals surface area contributed by atoms with Crippen molar-refractivity contribution >= 4 is 34.6 Å². The molecule has 4 heterocycles. The third-order valence-corrected chi connectivity index (χ3v) is 6.93. The van der Waals surface area contributed by atoms with Gasteiger partial charge in [0.15, 0.2) is 5.76 Å². The maximum Gasteiger partial charge on any atom is 0.222 e. The van der Waals surface area contributed by atoms with E-state index in [0.717, 1.165) is 54.7 Å². The van der Waals surface area contributed by atoms with Gasteiger partial charge in [-0.15, -0.1) is 11.6 Å².